The molecular formula is C16H20N2O2S. The maximum Gasteiger partial charge on any atom is 0.325 e. The third kappa shape index (κ3) is 2.79. The molecule has 3 rings (SSSR count). The monoisotopic (exact) mass is 304 g/mol. The van der Waals surface area contributed by atoms with Crippen LogP contribution in [-0.4, -0.2) is 34.2 Å². The highest BCUT2D eigenvalue weighted by atomic mass is 32.2. The second-order valence-electron chi connectivity index (χ2n) is 6.06. The lowest BCUT2D eigenvalue weighted by molar-refractivity contribution is -0.131. The van der Waals surface area contributed by atoms with Gasteiger partial charge in [-0.3, -0.25) is 9.69 Å². The zero-order valence-corrected chi connectivity index (χ0v) is 13.2. The average Bonchev–Trinajstić information content (AvgIpc) is 3.26. The number of nitrogens with zero attached hydrogens (tertiary/aromatic N) is 1. The fraction of sp³-hybridized carbons (Fsp3) is 0.500. The summed E-state index contributed by atoms with van der Waals surface area (Å²) in [5.74, 6) is 0.256. The summed E-state index contributed by atoms with van der Waals surface area (Å²) in [6.45, 7) is 4.36. The largest absolute Gasteiger partial charge is 0.325 e. The zero-order valence-electron chi connectivity index (χ0n) is 12.3. The number of thioether (sulfide) groups is 1. The van der Waals surface area contributed by atoms with Crippen molar-refractivity contribution in [3.63, 3.8) is 0 Å². The summed E-state index contributed by atoms with van der Waals surface area (Å²) >= 11 is 1.68. The van der Waals surface area contributed by atoms with Crippen molar-refractivity contribution in [3.05, 3.63) is 30.3 Å². The Morgan fingerprint density at radius 3 is 2.62 bits per heavy atom. The van der Waals surface area contributed by atoms with Gasteiger partial charge in [0, 0.05) is 16.7 Å². The minimum absolute atomic E-state index is 0.0597. The van der Waals surface area contributed by atoms with E-state index in [0.717, 1.165) is 17.7 Å². The van der Waals surface area contributed by atoms with Gasteiger partial charge in [0.25, 0.3) is 5.91 Å². The molecule has 1 saturated carbocycles. The van der Waals surface area contributed by atoms with Gasteiger partial charge in [-0.1, -0.05) is 25.1 Å². The van der Waals surface area contributed by atoms with Crippen LogP contribution in [-0.2, 0) is 4.79 Å². The normalized spacial score (nSPS) is 26.9. The Hall–Kier alpha value is -1.49. The molecule has 1 saturated heterocycles. The molecule has 0 aromatic heterocycles. The van der Waals surface area contributed by atoms with E-state index in [0.29, 0.717) is 12.5 Å². The lowest BCUT2D eigenvalue weighted by atomic mass is 9.96. The summed E-state index contributed by atoms with van der Waals surface area (Å²) in [4.78, 5) is 27.2. The van der Waals surface area contributed by atoms with E-state index in [-0.39, 0.29) is 17.2 Å². The van der Waals surface area contributed by atoms with Gasteiger partial charge in [-0.15, -0.1) is 11.8 Å². The van der Waals surface area contributed by atoms with Crippen LogP contribution in [0.15, 0.2) is 35.2 Å². The van der Waals surface area contributed by atoms with Gasteiger partial charge in [0.2, 0.25) is 0 Å². The molecule has 0 unspecified atom stereocenters. The number of carbonyl (C=O) groups excluding carboxylic acids is 2. The summed E-state index contributed by atoms with van der Waals surface area (Å²) in [5, 5.41) is 3.06. The second-order valence-corrected chi connectivity index (χ2v) is 7.58. The Bertz CT molecular complexity index is 559. The van der Waals surface area contributed by atoms with Gasteiger partial charge in [0.05, 0.1) is 0 Å². The molecule has 4 nitrogen and oxygen atoms in total. The van der Waals surface area contributed by atoms with Gasteiger partial charge < -0.3 is 5.32 Å². The van der Waals surface area contributed by atoms with E-state index in [1.165, 1.54) is 4.90 Å². The fourth-order valence-corrected chi connectivity index (χ4v) is 3.85. The number of rotatable bonds is 5. The SMILES string of the molecule is C[C@H](CN1C(=O)N[C@@](C)(C2CC2)C1=O)Sc1ccccc1. The van der Waals surface area contributed by atoms with E-state index in [2.05, 4.69) is 5.32 Å². The van der Waals surface area contributed by atoms with Gasteiger partial charge in [-0.25, -0.2) is 4.79 Å². The first kappa shape index (κ1) is 14.4. The van der Waals surface area contributed by atoms with Crippen molar-refractivity contribution in [1.82, 2.24) is 10.2 Å². The smallest absolute Gasteiger partial charge is 0.323 e. The van der Waals surface area contributed by atoms with Crippen LogP contribution < -0.4 is 5.32 Å². The third-order valence-electron chi connectivity index (χ3n) is 4.22. The number of carbonyl (C=O) groups is 2. The number of nitrogens with one attached hydrogen (secondary N) is 1. The third-order valence-corrected chi connectivity index (χ3v) is 5.31. The molecule has 21 heavy (non-hydrogen) atoms. The molecule has 1 aliphatic heterocycles. The Morgan fingerprint density at radius 2 is 2.00 bits per heavy atom. The van der Waals surface area contributed by atoms with Gasteiger partial charge in [0.1, 0.15) is 5.54 Å². The molecule has 1 aliphatic carbocycles. The summed E-state index contributed by atoms with van der Waals surface area (Å²) in [5.41, 5.74) is -0.672. The van der Waals surface area contributed by atoms with Crippen molar-refractivity contribution < 1.29 is 9.59 Å². The molecule has 2 aliphatic rings. The predicted octanol–water partition coefficient (Wildman–Crippen LogP) is 2.89. The molecule has 1 aromatic rings. The van der Waals surface area contributed by atoms with Crippen molar-refractivity contribution in [2.24, 2.45) is 5.92 Å². The Kier molecular flexibility index (Phi) is 3.69. The maximum absolute atomic E-state index is 12.5. The van der Waals surface area contributed by atoms with Crippen molar-refractivity contribution in [3.8, 4) is 0 Å². The first-order valence-electron chi connectivity index (χ1n) is 7.36. The van der Waals surface area contributed by atoms with Crippen molar-refractivity contribution in [2.75, 3.05) is 6.54 Å². The molecular weight excluding hydrogens is 284 g/mol. The summed E-state index contributed by atoms with van der Waals surface area (Å²) in [6.07, 6.45) is 2.06. The van der Waals surface area contributed by atoms with Crippen LogP contribution in [0.1, 0.15) is 26.7 Å². The highest BCUT2D eigenvalue weighted by Gasteiger charge is 2.55. The number of hydrogen-bond donors (Lipinski definition) is 1. The Labute approximate surface area is 129 Å². The highest BCUT2D eigenvalue weighted by Crippen LogP contribution is 2.42. The first-order valence-corrected chi connectivity index (χ1v) is 8.24. The van der Waals surface area contributed by atoms with Gasteiger partial charge in [0.15, 0.2) is 0 Å². The number of imide groups is 1. The lowest BCUT2D eigenvalue weighted by Gasteiger charge is -2.22. The molecule has 2 atom stereocenters. The van der Waals surface area contributed by atoms with Gasteiger partial charge in [-0.2, -0.15) is 0 Å². The molecule has 0 spiro atoms. The van der Waals surface area contributed by atoms with E-state index in [9.17, 15) is 9.59 Å². The molecule has 1 aromatic carbocycles. The van der Waals surface area contributed by atoms with E-state index < -0.39 is 5.54 Å². The lowest BCUT2D eigenvalue weighted by Crippen LogP contribution is -2.46. The topological polar surface area (TPSA) is 49.4 Å². The van der Waals surface area contributed by atoms with E-state index >= 15 is 0 Å². The molecule has 1 heterocycles. The van der Waals surface area contributed by atoms with Crippen molar-refractivity contribution in [2.45, 2.75) is 42.4 Å². The van der Waals surface area contributed by atoms with E-state index in [1.54, 1.807) is 11.8 Å². The molecule has 3 amide bonds. The minimum Gasteiger partial charge on any atom is -0.323 e. The molecule has 5 heteroatoms. The first-order chi connectivity index (χ1) is 10.0. The Balaban J connectivity index is 1.64. The van der Waals surface area contributed by atoms with Crippen LogP contribution in [0.5, 0.6) is 0 Å². The Morgan fingerprint density at radius 1 is 1.33 bits per heavy atom. The molecule has 112 valence electrons. The predicted molar refractivity (Wildman–Crippen MR) is 83.1 cm³/mol. The quantitative estimate of drug-likeness (QED) is 0.672. The highest BCUT2D eigenvalue weighted by molar-refractivity contribution is 8.00. The summed E-state index contributed by atoms with van der Waals surface area (Å²) in [6, 6.07) is 9.81. The number of amides is 3. The number of urea groups is 1. The van der Waals surface area contributed by atoms with Crippen LogP contribution in [0.4, 0.5) is 4.79 Å². The number of benzene rings is 1. The van der Waals surface area contributed by atoms with Gasteiger partial charge in [-0.05, 0) is 37.8 Å². The fourth-order valence-electron chi connectivity index (χ4n) is 2.84. The van der Waals surface area contributed by atoms with Crippen molar-refractivity contribution >= 4 is 23.7 Å². The molecule has 2 fully saturated rings. The zero-order chi connectivity index (χ0) is 15.0. The van der Waals surface area contributed by atoms with Gasteiger partial charge >= 0.3 is 6.03 Å². The van der Waals surface area contributed by atoms with Crippen LogP contribution >= 0.6 is 11.8 Å². The van der Waals surface area contributed by atoms with E-state index in [4.69, 9.17) is 0 Å². The maximum atomic E-state index is 12.5. The number of hydrogen-bond acceptors (Lipinski definition) is 3. The van der Waals surface area contributed by atoms with Crippen LogP contribution in [0.3, 0.4) is 0 Å². The van der Waals surface area contributed by atoms with Crippen molar-refractivity contribution in [1.29, 1.82) is 0 Å². The molecule has 1 N–H and O–H groups in total. The minimum atomic E-state index is -0.672. The van der Waals surface area contributed by atoms with E-state index in [1.807, 2.05) is 44.2 Å². The average molecular weight is 304 g/mol. The van der Waals surface area contributed by atoms with Crippen LogP contribution in [0.2, 0.25) is 0 Å². The molecule has 0 radical (unpaired) electrons. The van der Waals surface area contributed by atoms with Crippen LogP contribution in [0.25, 0.3) is 0 Å². The standard InChI is InChI=1S/C16H20N2O2S/c1-11(21-13-6-4-3-5-7-13)10-18-14(19)16(2,12-8-9-12)17-15(18)20/h3-7,11-12H,8-10H2,1-2H3,(H,17,20)/t11-,16+/m1/s1. The van der Waals surface area contributed by atoms with Crippen LogP contribution in [0, 0.1) is 5.92 Å². The summed E-state index contributed by atoms with van der Waals surface area (Å²) < 4.78 is 0. The molecule has 0 bridgehead atoms. The second kappa shape index (κ2) is 5.37. The summed E-state index contributed by atoms with van der Waals surface area (Å²) in [7, 11) is 0.